The number of carbonyl (C=O) groups excluding carboxylic acids is 1. The van der Waals surface area contributed by atoms with Gasteiger partial charge in [-0.1, -0.05) is 6.07 Å². The SMILES string of the molecule is CC(C)(C)N/C(=N/C(=O)c1cccc(C(F)(F)F)c1)Nc1cc(-c2ccc(F)cc2)n[nH]1. The van der Waals surface area contributed by atoms with Gasteiger partial charge in [0, 0.05) is 22.7 Å². The van der Waals surface area contributed by atoms with Crippen molar-refractivity contribution < 1.29 is 22.4 Å². The summed E-state index contributed by atoms with van der Waals surface area (Å²) in [6, 6.07) is 11.4. The summed E-state index contributed by atoms with van der Waals surface area (Å²) in [7, 11) is 0. The first kappa shape index (κ1) is 23.0. The molecule has 10 heteroatoms. The summed E-state index contributed by atoms with van der Waals surface area (Å²) in [5, 5.41) is 12.8. The van der Waals surface area contributed by atoms with Crippen molar-refractivity contribution >= 4 is 17.7 Å². The van der Waals surface area contributed by atoms with E-state index in [1.807, 2.05) is 20.8 Å². The highest BCUT2D eigenvalue weighted by molar-refractivity contribution is 6.06. The summed E-state index contributed by atoms with van der Waals surface area (Å²) >= 11 is 0. The number of hydrogen-bond acceptors (Lipinski definition) is 2. The van der Waals surface area contributed by atoms with E-state index in [4.69, 9.17) is 0 Å². The summed E-state index contributed by atoms with van der Waals surface area (Å²) in [5.41, 5.74) is -0.467. The number of guanidine groups is 1. The zero-order valence-electron chi connectivity index (χ0n) is 17.5. The van der Waals surface area contributed by atoms with Gasteiger partial charge in [-0.2, -0.15) is 23.3 Å². The number of H-pyrrole nitrogens is 1. The first-order chi connectivity index (χ1) is 14.9. The van der Waals surface area contributed by atoms with Crippen LogP contribution >= 0.6 is 0 Å². The molecule has 0 unspecified atom stereocenters. The van der Waals surface area contributed by atoms with Crippen LogP contribution < -0.4 is 10.6 Å². The first-order valence-electron chi connectivity index (χ1n) is 9.57. The van der Waals surface area contributed by atoms with Crippen LogP contribution in [0.3, 0.4) is 0 Å². The number of rotatable bonds is 3. The molecule has 0 radical (unpaired) electrons. The highest BCUT2D eigenvalue weighted by atomic mass is 19.4. The molecular weight excluding hydrogens is 426 g/mol. The molecule has 3 N–H and O–H groups in total. The molecule has 3 aromatic rings. The maximum absolute atomic E-state index is 13.1. The Bertz CT molecular complexity index is 1130. The van der Waals surface area contributed by atoms with Crippen LogP contribution in [-0.2, 0) is 6.18 Å². The fourth-order valence-corrected chi connectivity index (χ4v) is 2.72. The minimum atomic E-state index is -4.57. The second-order valence-electron chi connectivity index (χ2n) is 8.02. The van der Waals surface area contributed by atoms with Crippen LogP contribution in [0.1, 0.15) is 36.7 Å². The number of hydrogen-bond donors (Lipinski definition) is 3. The Balaban J connectivity index is 1.86. The molecule has 0 aliphatic carbocycles. The van der Waals surface area contributed by atoms with Crippen LogP contribution in [0.2, 0.25) is 0 Å². The number of halogens is 4. The van der Waals surface area contributed by atoms with Gasteiger partial charge in [0.2, 0.25) is 5.96 Å². The Labute approximate surface area is 181 Å². The highest BCUT2D eigenvalue weighted by Gasteiger charge is 2.31. The number of carbonyl (C=O) groups is 1. The Morgan fingerprint density at radius 1 is 1.03 bits per heavy atom. The van der Waals surface area contributed by atoms with Crippen molar-refractivity contribution in [3.8, 4) is 11.3 Å². The van der Waals surface area contributed by atoms with Gasteiger partial charge in [-0.05, 0) is 63.2 Å². The van der Waals surface area contributed by atoms with Crippen LogP contribution in [0.5, 0.6) is 0 Å². The number of aliphatic imine (C=N–C) groups is 1. The monoisotopic (exact) mass is 447 g/mol. The number of nitrogens with one attached hydrogen (secondary N) is 3. The minimum absolute atomic E-state index is 0.0224. The van der Waals surface area contributed by atoms with E-state index in [9.17, 15) is 22.4 Å². The quantitative estimate of drug-likeness (QED) is 0.292. The maximum Gasteiger partial charge on any atom is 0.416 e. The van der Waals surface area contributed by atoms with Crippen molar-refractivity contribution in [1.29, 1.82) is 0 Å². The standard InChI is InChI=1S/C22H21F4N5O/c1-21(2,3)29-20(28-19(32)14-5-4-6-15(11-14)22(24,25)26)27-18-12-17(30-31-18)13-7-9-16(23)10-8-13/h4-12H,1-3H3,(H3,27,28,29,30,31,32). The topological polar surface area (TPSA) is 82.2 Å². The molecule has 168 valence electrons. The summed E-state index contributed by atoms with van der Waals surface area (Å²) in [4.78, 5) is 16.5. The van der Waals surface area contributed by atoms with Gasteiger partial charge < -0.3 is 10.6 Å². The number of alkyl halides is 3. The van der Waals surface area contributed by atoms with E-state index in [1.54, 1.807) is 18.2 Å². The lowest BCUT2D eigenvalue weighted by Crippen LogP contribution is -2.44. The number of nitrogens with zero attached hydrogens (tertiary/aromatic N) is 2. The molecule has 0 aliphatic rings. The van der Waals surface area contributed by atoms with Gasteiger partial charge in [-0.25, -0.2) is 4.39 Å². The third-order valence-electron chi connectivity index (χ3n) is 4.11. The molecule has 0 atom stereocenters. The molecule has 1 amide bonds. The number of aromatic nitrogens is 2. The fraction of sp³-hybridized carbons (Fsp3) is 0.227. The van der Waals surface area contributed by atoms with Crippen LogP contribution in [0.25, 0.3) is 11.3 Å². The van der Waals surface area contributed by atoms with Crippen molar-refractivity contribution in [3.63, 3.8) is 0 Å². The maximum atomic E-state index is 13.1. The lowest BCUT2D eigenvalue weighted by Gasteiger charge is -2.23. The molecule has 0 saturated heterocycles. The molecule has 2 aromatic carbocycles. The van der Waals surface area contributed by atoms with Gasteiger partial charge in [0.1, 0.15) is 11.6 Å². The molecule has 0 fully saturated rings. The summed E-state index contributed by atoms with van der Waals surface area (Å²) in [6.07, 6.45) is -4.57. The average molecular weight is 447 g/mol. The third kappa shape index (κ3) is 6.16. The summed E-state index contributed by atoms with van der Waals surface area (Å²) in [5.74, 6) is -0.834. The van der Waals surface area contributed by atoms with Crippen molar-refractivity contribution in [3.05, 3.63) is 71.5 Å². The molecular formula is C22H21F4N5O. The molecule has 0 saturated carbocycles. The number of anilines is 1. The van der Waals surface area contributed by atoms with E-state index in [0.717, 1.165) is 18.2 Å². The van der Waals surface area contributed by atoms with Crippen LogP contribution in [0.15, 0.2) is 59.6 Å². The Morgan fingerprint density at radius 2 is 1.72 bits per heavy atom. The molecule has 32 heavy (non-hydrogen) atoms. The van der Waals surface area contributed by atoms with E-state index < -0.39 is 23.2 Å². The van der Waals surface area contributed by atoms with Gasteiger partial charge in [0.05, 0.1) is 11.3 Å². The smallest absolute Gasteiger partial charge is 0.351 e. The van der Waals surface area contributed by atoms with E-state index in [0.29, 0.717) is 17.1 Å². The second-order valence-corrected chi connectivity index (χ2v) is 8.02. The lowest BCUT2D eigenvalue weighted by molar-refractivity contribution is -0.137. The van der Waals surface area contributed by atoms with E-state index in [2.05, 4.69) is 25.8 Å². The van der Waals surface area contributed by atoms with Crippen LogP contribution in [0, 0.1) is 5.82 Å². The van der Waals surface area contributed by atoms with Crippen LogP contribution in [0.4, 0.5) is 23.4 Å². The summed E-state index contributed by atoms with van der Waals surface area (Å²) < 4.78 is 52.0. The normalized spacial score (nSPS) is 12.5. The van der Waals surface area contributed by atoms with Crippen molar-refractivity contribution in [1.82, 2.24) is 15.5 Å². The average Bonchev–Trinajstić information content (AvgIpc) is 3.15. The van der Waals surface area contributed by atoms with Gasteiger partial charge in [-0.3, -0.25) is 9.89 Å². The Kier molecular flexibility index (Phi) is 6.33. The zero-order chi connectivity index (χ0) is 23.5. The third-order valence-corrected chi connectivity index (χ3v) is 4.11. The Hall–Kier alpha value is -3.69. The lowest BCUT2D eigenvalue weighted by atomic mass is 10.1. The van der Waals surface area contributed by atoms with Crippen molar-refractivity contribution in [2.45, 2.75) is 32.5 Å². The number of amides is 1. The fourth-order valence-electron chi connectivity index (χ4n) is 2.72. The number of aromatic amines is 1. The predicted molar refractivity (Wildman–Crippen MR) is 114 cm³/mol. The van der Waals surface area contributed by atoms with Gasteiger partial charge in [0.15, 0.2) is 0 Å². The molecule has 0 bridgehead atoms. The molecule has 0 spiro atoms. The number of benzene rings is 2. The van der Waals surface area contributed by atoms with Gasteiger partial charge >= 0.3 is 6.18 Å². The predicted octanol–water partition coefficient (Wildman–Crippen LogP) is 5.23. The first-order valence-corrected chi connectivity index (χ1v) is 9.57. The van der Waals surface area contributed by atoms with E-state index in [1.165, 1.54) is 18.2 Å². The molecule has 0 aliphatic heterocycles. The Morgan fingerprint density at radius 3 is 2.34 bits per heavy atom. The van der Waals surface area contributed by atoms with Crippen LogP contribution in [-0.4, -0.2) is 27.6 Å². The molecule has 1 aromatic heterocycles. The minimum Gasteiger partial charge on any atom is -0.351 e. The molecule has 6 nitrogen and oxygen atoms in total. The zero-order valence-corrected chi connectivity index (χ0v) is 17.5. The summed E-state index contributed by atoms with van der Waals surface area (Å²) in [6.45, 7) is 5.49. The molecule has 3 rings (SSSR count). The highest BCUT2D eigenvalue weighted by Crippen LogP contribution is 2.29. The van der Waals surface area contributed by atoms with Crippen molar-refractivity contribution in [2.75, 3.05) is 5.32 Å². The molecule has 1 heterocycles. The second kappa shape index (κ2) is 8.81. The van der Waals surface area contributed by atoms with Gasteiger partial charge in [-0.15, -0.1) is 0 Å². The largest absolute Gasteiger partial charge is 0.416 e. The van der Waals surface area contributed by atoms with E-state index >= 15 is 0 Å². The van der Waals surface area contributed by atoms with E-state index in [-0.39, 0.29) is 17.3 Å². The van der Waals surface area contributed by atoms with Crippen molar-refractivity contribution in [2.24, 2.45) is 4.99 Å². The van der Waals surface area contributed by atoms with Gasteiger partial charge in [0.25, 0.3) is 5.91 Å².